The van der Waals surface area contributed by atoms with Crippen LogP contribution < -0.4 is 5.32 Å². The predicted molar refractivity (Wildman–Crippen MR) is 154 cm³/mol. The largest absolute Gasteiger partial charge is 0.368 e. The van der Waals surface area contributed by atoms with Crippen molar-refractivity contribution < 1.29 is 0 Å². The minimum atomic E-state index is 0.228. The Morgan fingerprint density at radius 1 is 1.24 bits per heavy atom. The third kappa shape index (κ3) is 9.08. The number of hydrogen-bond donors (Lipinski definition) is 1. The molecule has 0 saturated heterocycles. The molecule has 1 unspecified atom stereocenters. The second-order valence-corrected chi connectivity index (χ2v) is 9.95. The van der Waals surface area contributed by atoms with Crippen molar-refractivity contribution >= 4 is 11.1 Å². The van der Waals surface area contributed by atoms with Gasteiger partial charge in [0, 0.05) is 6.20 Å². The summed E-state index contributed by atoms with van der Waals surface area (Å²) >= 11 is 0. The van der Waals surface area contributed by atoms with Gasteiger partial charge in [0.2, 0.25) is 0 Å². The zero-order valence-electron chi connectivity index (χ0n) is 22.6. The second kappa shape index (κ2) is 14.3. The number of nitrogens with one attached hydrogen (secondary N) is 1. The molecular weight excluding hydrogens is 410 g/mol. The highest BCUT2D eigenvalue weighted by molar-refractivity contribution is 5.78. The smallest absolute Gasteiger partial charge is 0.00832 e. The summed E-state index contributed by atoms with van der Waals surface area (Å²) in [6.07, 6.45) is 17.5. The zero-order valence-corrected chi connectivity index (χ0v) is 22.6. The SMILES string of the molecule is C=C=C/C(=C/C)C(=C)/C=C(\C)c1ccc(C(/C=C\CCC)=C/NC=C)cc1CC(C)C(C)(C)C. The molecule has 0 spiro atoms. The average molecular weight is 456 g/mol. The van der Waals surface area contributed by atoms with Crippen LogP contribution in [0, 0.1) is 11.3 Å². The van der Waals surface area contributed by atoms with Gasteiger partial charge in [-0.15, -0.1) is 5.73 Å². The van der Waals surface area contributed by atoms with Crippen LogP contribution in [0.25, 0.3) is 11.1 Å². The molecule has 0 aromatic heterocycles. The Bertz CT molecular complexity index is 1010. The van der Waals surface area contributed by atoms with Crippen molar-refractivity contribution in [3.05, 3.63) is 114 Å². The fraction of sp³-hybridized carbons (Fsp3) is 0.364. The van der Waals surface area contributed by atoms with Gasteiger partial charge >= 0.3 is 0 Å². The van der Waals surface area contributed by atoms with E-state index in [2.05, 4.69) is 109 Å². The van der Waals surface area contributed by atoms with Crippen LogP contribution in [0.15, 0.2) is 97.6 Å². The maximum atomic E-state index is 4.28. The number of hydrogen-bond acceptors (Lipinski definition) is 1. The molecule has 1 heteroatoms. The normalized spacial score (nSPS) is 14.0. The maximum Gasteiger partial charge on any atom is 0.00832 e. The lowest BCUT2D eigenvalue weighted by molar-refractivity contribution is 0.260. The highest BCUT2D eigenvalue weighted by Gasteiger charge is 2.22. The molecule has 1 nitrogen and oxygen atoms in total. The summed E-state index contributed by atoms with van der Waals surface area (Å²) in [5.74, 6) is 0.529. The molecule has 0 amide bonds. The van der Waals surface area contributed by atoms with E-state index < -0.39 is 0 Å². The Labute approximate surface area is 209 Å². The first-order chi connectivity index (χ1) is 16.1. The molecule has 34 heavy (non-hydrogen) atoms. The standard InChI is InChI=1S/C33H45N/c1-11-15-16-18-30(24-34-14-4)29-19-20-32(31(23-29)22-27(7)33(8,9)10)26(6)21-25(5)28(13-3)17-12-2/h13-14,16-21,23-24,27,34H,2,4-5,11,15,22H2,1,3,6-10H3/b18-16-,26-21+,28-13-,30-24+. The second-order valence-electron chi connectivity index (χ2n) is 9.95. The zero-order chi connectivity index (χ0) is 25.7. The van der Waals surface area contributed by atoms with Gasteiger partial charge in [0.05, 0.1) is 0 Å². The monoisotopic (exact) mass is 455 g/mol. The number of unbranched alkanes of at least 4 members (excludes halogenated alkanes) is 1. The van der Waals surface area contributed by atoms with E-state index in [4.69, 9.17) is 0 Å². The van der Waals surface area contributed by atoms with Crippen LogP contribution >= 0.6 is 0 Å². The van der Waals surface area contributed by atoms with E-state index in [0.717, 1.165) is 36.0 Å². The molecule has 182 valence electrons. The number of allylic oxidation sites excluding steroid dienone is 9. The molecule has 1 aromatic rings. The highest BCUT2D eigenvalue weighted by atomic mass is 14.8. The van der Waals surface area contributed by atoms with Gasteiger partial charge in [-0.05, 0) is 89.3 Å². The van der Waals surface area contributed by atoms with Crippen LogP contribution in [-0.2, 0) is 6.42 Å². The van der Waals surface area contributed by atoms with Crippen molar-refractivity contribution in [2.75, 3.05) is 0 Å². The molecule has 1 aromatic carbocycles. The van der Waals surface area contributed by atoms with Gasteiger partial charge in [0.1, 0.15) is 0 Å². The molecule has 1 atom stereocenters. The van der Waals surface area contributed by atoms with Crippen molar-refractivity contribution in [2.24, 2.45) is 11.3 Å². The molecule has 0 heterocycles. The minimum Gasteiger partial charge on any atom is -0.368 e. The maximum absolute atomic E-state index is 4.28. The van der Waals surface area contributed by atoms with Crippen LogP contribution in [0.4, 0.5) is 0 Å². The van der Waals surface area contributed by atoms with Gasteiger partial charge in [0.25, 0.3) is 0 Å². The lowest BCUT2D eigenvalue weighted by Gasteiger charge is -2.28. The fourth-order valence-electron chi connectivity index (χ4n) is 3.61. The van der Waals surface area contributed by atoms with Crippen LogP contribution in [0.1, 0.15) is 78.0 Å². The highest BCUT2D eigenvalue weighted by Crippen LogP contribution is 2.33. The summed E-state index contributed by atoms with van der Waals surface area (Å²) in [5, 5.41) is 3.16. The summed E-state index contributed by atoms with van der Waals surface area (Å²) in [6, 6.07) is 6.83. The summed E-state index contributed by atoms with van der Waals surface area (Å²) in [4.78, 5) is 0. The molecule has 0 aliphatic carbocycles. The molecule has 0 aliphatic rings. The van der Waals surface area contributed by atoms with E-state index in [0.29, 0.717) is 5.92 Å². The van der Waals surface area contributed by atoms with E-state index >= 15 is 0 Å². The van der Waals surface area contributed by atoms with Crippen molar-refractivity contribution in [2.45, 2.75) is 67.7 Å². The Kier molecular flexibility index (Phi) is 12.2. The van der Waals surface area contributed by atoms with Gasteiger partial charge in [-0.3, -0.25) is 0 Å². The van der Waals surface area contributed by atoms with Gasteiger partial charge in [0.15, 0.2) is 0 Å². The van der Waals surface area contributed by atoms with E-state index in [1.54, 1.807) is 6.20 Å². The van der Waals surface area contributed by atoms with Gasteiger partial charge in [-0.2, -0.15) is 0 Å². The van der Waals surface area contributed by atoms with Crippen molar-refractivity contribution in [1.29, 1.82) is 0 Å². The van der Waals surface area contributed by atoms with Crippen molar-refractivity contribution in [3.8, 4) is 0 Å². The quantitative estimate of drug-likeness (QED) is 0.244. The lowest BCUT2D eigenvalue weighted by atomic mass is 9.77. The number of benzene rings is 1. The van der Waals surface area contributed by atoms with E-state index in [9.17, 15) is 0 Å². The average Bonchev–Trinajstić information content (AvgIpc) is 2.78. The first-order valence-corrected chi connectivity index (χ1v) is 12.4. The Hall–Kier alpha value is -3.02. The van der Waals surface area contributed by atoms with Crippen LogP contribution in [0.5, 0.6) is 0 Å². The fourth-order valence-corrected chi connectivity index (χ4v) is 3.61. The molecule has 0 fully saturated rings. The summed E-state index contributed by atoms with van der Waals surface area (Å²) in [6.45, 7) is 27.5. The molecule has 0 radical (unpaired) electrons. The van der Waals surface area contributed by atoms with E-state index in [1.165, 1.54) is 22.3 Å². The Morgan fingerprint density at radius 2 is 1.94 bits per heavy atom. The third-order valence-corrected chi connectivity index (χ3v) is 6.31. The van der Waals surface area contributed by atoms with Crippen molar-refractivity contribution in [1.82, 2.24) is 5.32 Å². The Balaban J connectivity index is 3.60. The minimum absolute atomic E-state index is 0.228. The Morgan fingerprint density at radius 3 is 2.50 bits per heavy atom. The van der Waals surface area contributed by atoms with Gasteiger partial charge in [-0.1, -0.05) is 103 Å². The molecular formula is C33H45N. The van der Waals surface area contributed by atoms with E-state index in [-0.39, 0.29) is 5.41 Å². The van der Waals surface area contributed by atoms with Gasteiger partial charge < -0.3 is 5.32 Å². The predicted octanol–water partition coefficient (Wildman–Crippen LogP) is 9.59. The molecule has 1 N–H and O–H groups in total. The summed E-state index contributed by atoms with van der Waals surface area (Å²) < 4.78 is 0. The molecule has 1 rings (SSSR count). The number of rotatable bonds is 12. The third-order valence-electron chi connectivity index (χ3n) is 6.31. The molecule has 0 saturated carbocycles. The first kappa shape index (κ1) is 29.0. The molecule has 0 bridgehead atoms. The summed E-state index contributed by atoms with van der Waals surface area (Å²) in [5.41, 5.74) is 11.3. The van der Waals surface area contributed by atoms with Crippen LogP contribution in [0.2, 0.25) is 0 Å². The van der Waals surface area contributed by atoms with Crippen LogP contribution in [-0.4, -0.2) is 0 Å². The molecule has 0 aliphatic heterocycles. The first-order valence-electron chi connectivity index (χ1n) is 12.4. The summed E-state index contributed by atoms with van der Waals surface area (Å²) in [7, 11) is 0. The van der Waals surface area contributed by atoms with Crippen molar-refractivity contribution in [3.63, 3.8) is 0 Å². The van der Waals surface area contributed by atoms with Crippen LogP contribution in [0.3, 0.4) is 0 Å². The topological polar surface area (TPSA) is 12.0 Å². The van der Waals surface area contributed by atoms with Gasteiger partial charge in [-0.25, -0.2) is 0 Å². The van der Waals surface area contributed by atoms with E-state index in [1.807, 2.05) is 25.3 Å². The lowest BCUT2D eigenvalue weighted by Crippen LogP contribution is -2.20.